The summed E-state index contributed by atoms with van der Waals surface area (Å²) in [4.78, 5) is 0. The molecule has 0 aromatic heterocycles. The topological polar surface area (TPSA) is 40.5 Å². The van der Waals surface area contributed by atoms with Gasteiger partial charge in [0.1, 0.15) is 0 Å². The highest BCUT2D eigenvalue weighted by Crippen LogP contribution is 2.07. The highest BCUT2D eigenvalue weighted by molar-refractivity contribution is 8.00. The Balaban J connectivity index is 2.80. The summed E-state index contributed by atoms with van der Waals surface area (Å²) in [6, 6.07) is 0. The highest BCUT2D eigenvalue weighted by Gasteiger charge is 2.04. The van der Waals surface area contributed by atoms with Gasteiger partial charge in [0.2, 0.25) is 0 Å². The van der Waals surface area contributed by atoms with E-state index in [1.807, 2.05) is 0 Å². The molecule has 0 spiro atoms. The Morgan fingerprint density at radius 2 is 1.91 bits per heavy atom. The second-order valence-corrected chi connectivity index (χ2v) is 3.77. The number of rotatable bonds is 7. The summed E-state index contributed by atoms with van der Waals surface area (Å²) in [5.41, 5.74) is 0.451. The monoisotopic (exact) mass is 176 g/mol. The first-order valence-electron chi connectivity index (χ1n) is 4.21. The molecule has 0 aliphatic heterocycles. The predicted octanol–water partition coefficient (Wildman–Crippen LogP) is 1.31. The molecule has 0 rings (SSSR count). The largest absolute Gasteiger partial charge is 0.461 e. The molecule has 0 aromatic carbocycles. The summed E-state index contributed by atoms with van der Waals surface area (Å²) in [5.74, 6) is 1.05. The molecule has 66 valence electrons. The smallest absolute Gasteiger partial charge is 0.427 e. The van der Waals surface area contributed by atoms with E-state index in [1.165, 1.54) is 25.7 Å². The first kappa shape index (κ1) is 11.3. The predicted molar refractivity (Wildman–Crippen MR) is 51.7 cm³/mol. The van der Waals surface area contributed by atoms with Crippen LogP contribution in [0.5, 0.6) is 0 Å². The Bertz CT molecular complexity index is 80.8. The van der Waals surface area contributed by atoms with Gasteiger partial charge in [-0.2, -0.15) is 11.8 Å². The number of hydrogen-bond acceptors (Lipinski definition) is 3. The first-order chi connectivity index (χ1) is 5.27. The van der Waals surface area contributed by atoms with Gasteiger partial charge in [0.05, 0.1) is 0 Å². The fraction of sp³-hybridized carbons (Fsp3) is 1.00. The first-order valence-corrected chi connectivity index (χ1v) is 5.36. The van der Waals surface area contributed by atoms with E-state index >= 15 is 0 Å². The molecule has 0 atom stereocenters. The summed E-state index contributed by atoms with van der Waals surface area (Å²) >= 11 is 1.61. The summed E-state index contributed by atoms with van der Waals surface area (Å²) in [6.45, 7) is 2.19. The molecule has 0 aromatic rings. The molecule has 2 N–H and O–H groups in total. The lowest BCUT2D eigenvalue weighted by molar-refractivity contribution is 0.415. The van der Waals surface area contributed by atoms with Crippen LogP contribution in [0.4, 0.5) is 0 Å². The summed E-state index contributed by atoms with van der Waals surface area (Å²) in [7, 11) is -1.13. The van der Waals surface area contributed by atoms with E-state index in [-0.39, 0.29) is 0 Å². The van der Waals surface area contributed by atoms with Crippen molar-refractivity contribution in [3.63, 3.8) is 0 Å². The molecule has 0 radical (unpaired) electrons. The maximum atomic E-state index is 8.49. The molecule has 4 heteroatoms. The van der Waals surface area contributed by atoms with Crippen LogP contribution in [0.1, 0.15) is 32.6 Å². The van der Waals surface area contributed by atoms with Gasteiger partial charge in [-0.05, 0) is 12.2 Å². The number of hydrogen-bond donors (Lipinski definition) is 2. The van der Waals surface area contributed by atoms with Crippen molar-refractivity contribution in [1.29, 1.82) is 0 Å². The average Bonchev–Trinajstić information content (AvgIpc) is 1.96. The Morgan fingerprint density at radius 3 is 2.45 bits per heavy atom. The molecule has 0 aliphatic rings. The second kappa shape index (κ2) is 8.43. The van der Waals surface area contributed by atoms with Gasteiger partial charge >= 0.3 is 7.12 Å². The summed E-state index contributed by atoms with van der Waals surface area (Å²) < 4.78 is 0. The minimum atomic E-state index is -1.13. The average molecular weight is 176 g/mol. The van der Waals surface area contributed by atoms with Crippen LogP contribution in [-0.4, -0.2) is 28.6 Å². The fourth-order valence-corrected chi connectivity index (χ4v) is 1.61. The van der Waals surface area contributed by atoms with Crippen molar-refractivity contribution in [2.45, 2.75) is 32.6 Å². The van der Waals surface area contributed by atoms with Crippen molar-refractivity contribution in [3.05, 3.63) is 0 Å². The Kier molecular flexibility index (Phi) is 8.69. The van der Waals surface area contributed by atoms with Crippen LogP contribution in [-0.2, 0) is 0 Å². The van der Waals surface area contributed by atoms with Crippen molar-refractivity contribution < 1.29 is 10.0 Å². The number of unbranched alkanes of at least 4 members (excludes halogenated alkanes) is 3. The van der Waals surface area contributed by atoms with Crippen LogP contribution >= 0.6 is 11.8 Å². The normalized spacial score (nSPS) is 10.1. The maximum Gasteiger partial charge on any atom is 0.461 e. The van der Waals surface area contributed by atoms with Crippen LogP contribution in [0.2, 0.25) is 0 Å². The zero-order valence-electron chi connectivity index (χ0n) is 7.12. The third kappa shape index (κ3) is 10.3. The molecule has 0 saturated heterocycles. The zero-order chi connectivity index (χ0) is 8.53. The van der Waals surface area contributed by atoms with Crippen LogP contribution in [0.25, 0.3) is 0 Å². The van der Waals surface area contributed by atoms with Crippen molar-refractivity contribution in [1.82, 2.24) is 0 Å². The third-order valence-electron chi connectivity index (χ3n) is 1.41. The summed E-state index contributed by atoms with van der Waals surface area (Å²) in [6.07, 6.45) is 5.02. The quantitative estimate of drug-likeness (QED) is 0.454. The molecule has 0 amide bonds. The SMILES string of the molecule is CCCCCCSCB(O)O. The van der Waals surface area contributed by atoms with Crippen molar-refractivity contribution in [2.75, 3.05) is 11.4 Å². The van der Waals surface area contributed by atoms with Crippen LogP contribution in [0, 0.1) is 0 Å². The molecule has 0 bridgehead atoms. The van der Waals surface area contributed by atoms with E-state index in [0.717, 1.165) is 5.75 Å². The van der Waals surface area contributed by atoms with Crippen LogP contribution < -0.4 is 0 Å². The van der Waals surface area contributed by atoms with Gasteiger partial charge in [-0.15, -0.1) is 0 Å². The Labute approximate surface area is 73.5 Å². The van der Waals surface area contributed by atoms with Gasteiger partial charge in [-0.25, -0.2) is 0 Å². The summed E-state index contributed by atoms with van der Waals surface area (Å²) in [5, 5.41) is 17.0. The van der Waals surface area contributed by atoms with Crippen molar-refractivity contribution in [3.8, 4) is 0 Å². The molecule has 0 saturated carbocycles. The highest BCUT2D eigenvalue weighted by atomic mass is 32.2. The van der Waals surface area contributed by atoms with E-state index in [0.29, 0.717) is 5.65 Å². The van der Waals surface area contributed by atoms with E-state index < -0.39 is 7.12 Å². The molecule has 0 heterocycles. The molecular weight excluding hydrogens is 159 g/mol. The van der Waals surface area contributed by atoms with E-state index in [1.54, 1.807) is 11.8 Å². The van der Waals surface area contributed by atoms with Gasteiger partial charge < -0.3 is 10.0 Å². The standard InChI is InChI=1S/C7H17BO2S/c1-2-3-4-5-6-11-7-8(9)10/h9-10H,2-7H2,1H3. The van der Waals surface area contributed by atoms with Crippen LogP contribution in [0.3, 0.4) is 0 Å². The fourth-order valence-electron chi connectivity index (χ4n) is 0.820. The molecule has 0 unspecified atom stereocenters. The second-order valence-electron chi connectivity index (χ2n) is 2.62. The molecule has 0 fully saturated rings. The van der Waals surface area contributed by atoms with Gasteiger partial charge in [0, 0.05) is 5.65 Å². The lowest BCUT2D eigenvalue weighted by atomic mass is 9.98. The van der Waals surface area contributed by atoms with Crippen LogP contribution in [0.15, 0.2) is 0 Å². The van der Waals surface area contributed by atoms with E-state index in [2.05, 4.69) is 6.92 Å². The minimum Gasteiger partial charge on any atom is -0.427 e. The lowest BCUT2D eigenvalue weighted by Crippen LogP contribution is -2.14. The molecule has 2 nitrogen and oxygen atoms in total. The maximum absolute atomic E-state index is 8.49. The third-order valence-corrected chi connectivity index (χ3v) is 2.52. The molecule has 0 aliphatic carbocycles. The Hall–Kier alpha value is 0.335. The van der Waals surface area contributed by atoms with Crippen molar-refractivity contribution in [2.24, 2.45) is 0 Å². The van der Waals surface area contributed by atoms with E-state index in [4.69, 9.17) is 10.0 Å². The van der Waals surface area contributed by atoms with Gasteiger partial charge in [0.15, 0.2) is 0 Å². The Morgan fingerprint density at radius 1 is 1.18 bits per heavy atom. The molecular formula is C7H17BO2S. The zero-order valence-corrected chi connectivity index (χ0v) is 7.94. The number of thioether (sulfide) groups is 1. The van der Waals surface area contributed by atoms with Gasteiger partial charge in [-0.3, -0.25) is 0 Å². The van der Waals surface area contributed by atoms with Crippen molar-refractivity contribution >= 4 is 18.9 Å². The van der Waals surface area contributed by atoms with Gasteiger partial charge in [-0.1, -0.05) is 26.2 Å². The van der Waals surface area contributed by atoms with Gasteiger partial charge in [0.25, 0.3) is 0 Å². The lowest BCUT2D eigenvalue weighted by Gasteiger charge is -1.99. The minimum absolute atomic E-state index is 0.451. The molecule has 11 heavy (non-hydrogen) atoms. The van der Waals surface area contributed by atoms with E-state index in [9.17, 15) is 0 Å².